The van der Waals surface area contributed by atoms with Crippen molar-refractivity contribution in [1.29, 1.82) is 0 Å². The molecule has 0 saturated carbocycles. The van der Waals surface area contributed by atoms with Crippen LogP contribution in [0, 0.1) is 6.92 Å². The summed E-state index contributed by atoms with van der Waals surface area (Å²) in [5.74, 6) is 0.887. The van der Waals surface area contributed by atoms with Crippen molar-refractivity contribution in [2.45, 2.75) is 19.4 Å². The fraction of sp³-hybridized carbons (Fsp3) is 0.455. The van der Waals surface area contributed by atoms with Gasteiger partial charge >= 0.3 is 0 Å². The van der Waals surface area contributed by atoms with Gasteiger partial charge in [-0.2, -0.15) is 0 Å². The summed E-state index contributed by atoms with van der Waals surface area (Å²) in [7, 11) is 0. The van der Waals surface area contributed by atoms with E-state index in [2.05, 4.69) is 0 Å². The molecular formula is C11H17NO2. The van der Waals surface area contributed by atoms with E-state index >= 15 is 0 Å². The third kappa shape index (κ3) is 3.36. The van der Waals surface area contributed by atoms with Crippen molar-refractivity contribution >= 4 is 0 Å². The zero-order valence-electron chi connectivity index (χ0n) is 8.44. The lowest BCUT2D eigenvalue weighted by Gasteiger charge is -2.11. The first-order valence-electron chi connectivity index (χ1n) is 4.79. The van der Waals surface area contributed by atoms with Gasteiger partial charge in [0.15, 0.2) is 0 Å². The first kappa shape index (κ1) is 11.0. The Hall–Kier alpha value is -1.06. The molecule has 0 saturated heterocycles. The molecule has 3 nitrogen and oxygen atoms in total. The summed E-state index contributed by atoms with van der Waals surface area (Å²) >= 11 is 0. The van der Waals surface area contributed by atoms with Crippen molar-refractivity contribution in [2.75, 3.05) is 13.2 Å². The van der Waals surface area contributed by atoms with Crippen LogP contribution >= 0.6 is 0 Å². The Labute approximate surface area is 84.5 Å². The largest absolute Gasteiger partial charge is 0.493 e. The van der Waals surface area contributed by atoms with Crippen LogP contribution in [0.15, 0.2) is 24.3 Å². The van der Waals surface area contributed by atoms with Crippen molar-refractivity contribution in [1.82, 2.24) is 0 Å². The Bertz CT molecular complexity index is 276. The van der Waals surface area contributed by atoms with E-state index in [4.69, 9.17) is 15.6 Å². The maximum absolute atomic E-state index is 8.71. The highest BCUT2D eigenvalue weighted by atomic mass is 16.5. The highest BCUT2D eigenvalue weighted by molar-refractivity contribution is 5.31. The summed E-state index contributed by atoms with van der Waals surface area (Å²) < 4.78 is 5.52. The molecule has 0 amide bonds. The summed E-state index contributed by atoms with van der Waals surface area (Å²) in [6, 6.07) is 7.66. The summed E-state index contributed by atoms with van der Waals surface area (Å²) in [6.45, 7) is 2.56. The Morgan fingerprint density at radius 2 is 2.14 bits per heavy atom. The molecule has 1 aromatic carbocycles. The van der Waals surface area contributed by atoms with E-state index in [1.165, 1.54) is 0 Å². The molecule has 1 aromatic rings. The molecule has 0 aliphatic heterocycles. The second-order valence-corrected chi connectivity index (χ2v) is 3.35. The third-order valence-electron chi connectivity index (χ3n) is 2.07. The average Bonchev–Trinajstić information content (AvgIpc) is 2.20. The summed E-state index contributed by atoms with van der Waals surface area (Å²) in [5.41, 5.74) is 6.66. The second kappa shape index (κ2) is 5.62. The van der Waals surface area contributed by atoms with Gasteiger partial charge in [-0.1, -0.05) is 18.2 Å². The van der Waals surface area contributed by atoms with Crippen LogP contribution in [-0.2, 0) is 0 Å². The van der Waals surface area contributed by atoms with Crippen LogP contribution in [0.25, 0.3) is 0 Å². The maximum atomic E-state index is 8.71. The number of benzene rings is 1. The molecule has 14 heavy (non-hydrogen) atoms. The van der Waals surface area contributed by atoms with Crippen molar-refractivity contribution < 1.29 is 9.84 Å². The number of aryl methyl sites for hydroxylation is 1. The monoisotopic (exact) mass is 195 g/mol. The maximum Gasteiger partial charge on any atom is 0.122 e. The molecule has 0 aliphatic rings. The molecule has 0 radical (unpaired) electrons. The smallest absolute Gasteiger partial charge is 0.122 e. The predicted octanol–water partition coefficient (Wildman–Crippen LogP) is 1.08. The van der Waals surface area contributed by atoms with Gasteiger partial charge < -0.3 is 15.6 Å². The average molecular weight is 195 g/mol. The number of hydrogen-bond acceptors (Lipinski definition) is 3. The minimum absolute atomic E-state index is 0.0110. The van der Waals surface area contributed by atoms with Gasteiger partial charge in [0.2, 0.25) is 0 Å². The quantitative estimate of drug-likeness (QED) is 0.739. The SMILES string of the molecule is Cc1ccccc1OCCC(N)CO. The zero-order chi connectivity index (χ0) is 10.4. The molecule has 0 aromatic heterocycles. The molecule has 3 heteroatoms. The molecule has 3 N–H and O–H groups in total. The van der Waals surface area contributed by atoms with Gasteiger partial charge in [0.05, 0.1) is 13.2 Å². The number of aliphatic hydroxyl groups excluding tert-OH is 1. The molecule has 78 valence electrons. The third-order valence-corrected chi connectivity index (χ3v) is 2.07. The van der Waals surface area contributed by atoms with Crippen LogP contribution in [0.4, 0.5) is 0 Å². The van der Waals surface area contributed by atoms with Gasteiger partial charge in [-0.15, -0.1) is 0 Å². The highest BCUT2D eigenvalue weighted by Crippen LogP contribution is 2.16. The predicted molar refractivity (Wildman–Crippen MR) is 56.4 cm³/mol. The minimum Gasteiger partial charge on any atom is -0.493 e. The van der Waals surface area contributed by atoms with Crippen molar-refractivity contribution in [2.24, 2.45) is 5.73 Å². The van der Waals surface area contributed by atoms with Crippen molar-refractivity contribution in [3.05, 3.63) is 29.8 Å². The van der Waals surface area contributed by atoms with E-state index in [1.54, 1.807) is 0 Å². The molecule has 1 atom stereocenters. The zero-order valence-corrected chi connectivity index (χ0v) is 8.44. The molecule has 0 bridgehead atoms. The molecule has 0 fully saturated rings. The van der Waals surface area contributed by atoms with Gasteiger partial charge in [-0.05, 0) is 25.0 Å². The Morgan fingerprint density at radius 3 is 2.79 bits per heavy atom. The number of nitrogens with two attached hydrogens (primary N) is 1. The first-order valence-corrected chi connectivity index (χ1v) is 4.79. The number of rotatable bonds is 5. The molecule has 0 spiro atoms. The standard InChI is InChI=1S/C11H17NO2/c1-9-4-2-3-5-11(9)14-7-6-10(12)8-13/h2-5,10,13H,6-8,12H2,1H3. The van der Waals surface area contributed by atoms with Crippen LogP contribution in [-0.4, -0.2) is 24.4 Å². The van der Waals surface area contributed by atoms with E-state index in [0.717, 1.165) is 11.3 Å². The molecule has 1 unspecified atom stereocenters. The lowest BCUT2D eigenvalue weighted by molar-refractivity contribution is 0.230. The number of hydrogen-bond donors (Lipinski definition) is 2. The van der Waals surface area contributed by atoms with Crippen molar-refractivity contribution in [3.8, 4) is 5.75 Å². The van der Waals surface area contributed by atoms with E-state index in [1.807, 2.05) is 31.2 Å². The Kier molecular flexibility index (Phi) is 4.43. The van der Waals surface area contributed by atoms with E-state index in [0.29, 0.717) is 13.0 Å². The first-order chi connectivity index (χ1) is 6.74. The van der Waals surface area contributed by atoms with Crippen LogP contribution in [0.1, 0.15) is 12.0 Å². The molecule has 0 heterocycles. The van der Waals surface area contributed by atoms with Gasteiger partial charge in [-0.3, -0.25) is 0 Å². The molecule has 0 aliphatic carbocycles. The second-order valence-electron chi connectivity index (χ2n) is 3.35. The summed E-state index contributed by atoms with van der Waals surface area (Å²) in [4.78, 5) is 0. The van der Waals surface area contributed by atoms with Crippen LogP contribution in [0.3, 0.4) is 0 Å². The Morgan fingerprint density at radius 1 is 1.43 bits per heavy atom. The van der Waals surface area contributed by atoms with Crippen molar-refractivity contribution in [3.63, 3.8) is 0 Å². The van der Waals surface area contributed by atoms with Crippen LogP contribution in [0.5, 0.6) is 5.75 Å². The number of aliphatic hydroxyl groups is 1. The van der Waals surface area contributed by atoms with Crippen LogP contribution in [0.2, 0.25) is 0 Å². The van der Waals surface area contributed by atoms with Gasteiger partial charge in [-0.25, -0.2) is 0 Å². The topological polar surface area (TPSA) is 55.5 Å². The lowest BCUT2D eigenvalue weighted by Crippen LogP contribution is -2.26. The number of para-hydroxylation sites is 1. The fourth-order valence-electron chi connectivity index (χ4n) is 1.13. The highest BCUT2D eigenvalue weighted by Gasteiger charge is 2.01. The number of ether oxygens (including phenoxy) is 1. The van der Waals surface area contributed by atoms with Gasteiger partial charge in [0.1, 0.15) is 5.75 Å². The lowest BCUT2D eigenvalue weighted by atomic mass is 10.2. The molecular weight excluding hydrogens is 178 g/mol. The van der Waals surface area contributed by atoms with Crippen LogP contribution < -0.4 is 10.5 Å². The van der Waals surface area contributed by atoms with E-state index in [-0.39, 0.29) is 12.6 Å². The molecule has 1 rings (SSSR count). The van der Waals surface area contributed by atoms with Gasteiger partial charge in [0, 0.05) is 6.04 Å². The van der Waals surface area contributed by atoms with Gasteiger partial charge in [0.25, 0.3) is 0 Å². The van der Waals surface area contributed by atoms with E-state index < -0.39 is 0 Å². The summed E-state index contributed by atoms with van der Waals surface area (Å²) in [5, 5.41) is 8.71. The normalized spacial score (nSPS) is 12.5. The summed E-state index contributed by atoms with van der Waals surface area (Å²) in [6.07, 6.45) is 0.671. The van der Waals surface area contributed by atoms with E-state index in [9.17, 15) is 0 Å². The minimum atomic E-state index is -0.181. The Balaban J connectivity index is 2.35. The fourth-order valence-corrected chi connectivity index (χ4v) is 1.13.